The molecule has 0 bridgehead atoms. The lowest BCUT2D eigenvalue weighted by atomic mass is 10.0. The molecule has 0 unspecified atom stereocenters. The van der Waals surface area contributed by atoms with Gasteiger partial charge in [0.25, 0.3) is 0 Å². The molecule has 0 saturated carbocycles. The third-order valence-corrected chi connectivity index (χ3v) is 3.72. The van der Waals surface area contributed by atoms with Crippen molar-refractivity contribution in [3.05, 3.63) is 40.7 Å². The Morgan fingerprint density at radius 3 is 2.85 bits per heavy atom. The number of anilines is 1. The summed E-state index contributed by atoms with van der Waals surface area (Å²) in [4.78, 5) is 0. The fourth-order valence-electron chi connectivity index (χ4n) is 2.77. The second-order valence-corrected chi connectivity index (χ2v) is 6.14. The average molecular weight is 271 g/mol. The number of fused-ring (bicyclic) bond motifs is 1. The van der Waals surface area contributed by atoms with Crippen LogP contribution in [0.2, 0.25) is 0 Å². The van der Waals surface area contributed by atoms with Crippen LogP contribution in [0.5, 0.6) is 5.75 Å². The first-order chi connectivity index (χ1) is 9.44. The molecule has 2 heterocycles. The number of aromatic amines is 1. The number of aryl methyl sites for hydroxylation is 2. The van der Waals surface area contributed by atoms with Crippen molar-refractivity contribution in [1.82, 2.24) is 10.2 Å². The highest BCUT2D eigenvalue weighted by Gasteiger charge is 2.29. The quantitative estimate of drug-likeness (QED) is 0.900. The van der Waals surface area contributed by atoms with Crippen LogP contribution in [-0.4, -0.2) is 15.8 Å². The number of aromatic nitrogens is 2. The molecular weight excluding hydrogens is 250 g/mol. The van der Waals surface area contributed by atoms with E-state index in [4.69, 9.17) is 4.74 Å². The van der Waals surface area contributed by atoms with Gasteiger partial charge in [0.1, 0.15) is 11.4 Å². The fourth-order valence-corrected chi connectivity index (χ4v) is 2.77. The Morgan fingerprint density at radius 1 is 1.35 bits per heavy atom. The Bertz CT molecular complexity index is 624. The van der Waals surface area contributed by atoms with E-state index in [2.05, 4.69) is 47.6 Å². The van der Waals surface area contributed by atoms with Crippen LogP contribution in [0, 0.1) is 13.8 Å². The number of ether oxygens (including phenoxy) is 1. The molecule has 0 amide bonds. The van der Waals surface area contributed by atoms with Crippen molar-refractivity contribution in [3.8, 4) is 5.75 Å². The molecule has 1 aliphatic heterocycles. The predicted molar refractivity (Wildman–Crippen MR) is 80.2 cm³/mol. The maximum absolute atomic E-state index is 5.90. The van der Waals surface area contributed by atoms with Gasteiger partial charge in [0.15, 0.2) is 0 Å². The molecule has 2 N–H and O–H groups in total. The number of benzene rings is 1. The highest BCUT2D eigenvalue weighted by molar-refractivity contribution is 5.52. The molecule has 1 aromatic heterocycles. The number of hydrogen-bond donors (Lipinski definition) is 2. The van der Waals surface area contributed by atoms with E-state index in [0.717, 1.165) is 35.8 Å². The van der Waals surface area contributed by atoms with Gasteiger partial charge in [-0.15, -0.1) is 0 Å². The van der Waals surface area contributed by atoms with Crippen LogP contribution in [-0.2, 0) is 13.0 Å². The Hall–Kier alpha value is -1.97. The van der Waals surface area contributed by atoms with E-state index in [-0.39, 0.29) is 5.60 Å². The van der Waals surface area contributed by atoms with Crippen LogP contribution in [0.15, 0.2) is 18.2 Å². The van der Waals surface area contributed by atoms with Crippen LogP contribution >= 0.6 is 0 Å². The van der Waals surface area contributed by atoms with Crippen LogP contribution in [0.1, 0.15) is 36.4 Å². The number of hydrogen-bond acceptors (Lipinski definition) is 3. The lowest BCUT2D eigenvalue weighted by Gasteiger charge is -2.16. The second kappa shape index (κ2) is 4.54. The molecule has 0 spiro atoms. The van der Waals surface area contributed by atoms with Gasteiger partial charge in [0.05, 0.1) is 17.1 Å². The first-order valence-corrected chi connectivity index (χ1v) is 7.01. The number of nitrogens with zero attached hydrogens (tertiary/aromatic N) is 1. The van der Waals surface area contributed by atoms with Gasteiger partial charge in [0.2, 0.25) is 0 Å². The molecule has 1 aliphatic rings. The predicted octanol–water partition coefficient (Wildman–Crippen LogP) is 3.35. The highest BCUT2D eigenvalue weighted by atomic mass is 16.5. The van der Waals surface area contributed by atoms with Gasteiger partial charge in [-0.05, 0) is 44.9 Å². The monoisotopic (exact) mass is 271 g/mol. The number of rotatable bonds is 3. The zero-order valence-corrected chi connectivity index (χ0v) is 12.5. The standard InChI is InChI=1S/C16H21N3O/c1-10-15(11(2)19-18-10)17-9-12-5-6-14-13(7-12)8-16(3,4)20-14/h5-7,17H,8-9H2,1-4H3,(H,18,19). The van der Waals surface area contributed by atoms with E-state index < -0.39 is 0 Å². The van der Waals surface area contributed by atoms with Gasteiger partial charge in [-0.2, -0.15) is 5.10 Å². The van der Waals surface area contributed by atoms with E-state index in [0.29, 0.717) is 0 Å². The maximum Gasteiger partial charge on any atom is 0.123 e. The zero-order chi connectivity index (χ0) is 14.3. The van der Waals surface area contributed by atoms with Crippen molar-refractivity contribution < 1.29 is 4.74 Å². The summed E-state index contributed by atoms with van der Waals surface area (Å²) >= 11 is 0. The summed E-state index contributed by atoms with van der Waals surface area (Å²) in [7, 11) is 0. The third-order valence-electron chi connectivity index (χ3n) is 3.72. The molecule has 0 fully saturated rings. The molecule has 1 aromatic carbocycles. The average Bonchev–Trinajstić information content (AvgIpc) is 2.85. The van der Waals surface area contributed by atoms with Gasteiger partial charge in [-0.3, -0.25) is 5.10 Å². The SMILES string of the molecule is Cc1n[nH]c(C)c1NCc1ccc2c(c1)CC(C)(C)O2. The summed E-state index contributed by atoms with van der Waals surface area (Å²) in [6.45, 7) is 9.09. The van der Waals surface area contributed by atoms with Crippen molar-refractivity contribution in [2.75, 3.05) is 5.32 Å². The minimum atomic E-state index is -0.0773. The number of nitrogens with one attached hydrogen (secondary N) is 2. The Morgan fingerprint density at radius 2 is 2.15 bits per heavy atom. The Kier molecular flexibility index (Phi) is 2.96. The Balaban J connectivity index is 1.74. The lowest BCUT2D eigenvalue weighted by molar-refractivity contribution is 0.138. The van der Waals surface area contributed by atoms with Crippen LogP contribution in [0.25, 0.3) is 0 Å². The molecule has 4 heteroatoms. The summed E-state index contributed by atoms with van der Waals surface area (Å²) < 4.78 is 5.90. The summed E-state index contributed by atoms with van der Waals surface area (Å²) in [5.74, 6) is 1.02. The van der Waals surface area contributed by atoms with Crippen LogP contribution in [0.3, 0.4) is 0 Å². The van der Waals surface area contributed by atoms with Crippen LogP contribution in [0.4, 0.5) is 5.69 Å². The topological polar surface area (TPSA) is 49.9 Å². The molecule has 20 heavy (non-hydrogen) atoms. The molecule has 106 valence electrons. The zero-order valence-electron chi connectivity index (χ0n) is 12.5. The summed E-state index contributed by atoms with van der Waals surface area (Å²) in [5.41, 5.74) is 5.68. The third kappa shape index (κ3) is 2.38. The highest BCUT2D eigenvalue weighted by Crippen LogP contribution is 2.35. The minimum Gasteiger partial charge on any atom is -0.487 e. The maximum atomic E-state index is 5.90. The van der Waals surface area contributed by atoms with Gasteiger partial charge < -0.3 is 10.1 Å². The van der Waals surface area contributed by atoms with E-state index in [9.17, 15) is 0 Å². The summed E-state index contributed by atoms with van der Waals surface area (Å²) in [5, 5.41) is 10.6. The van der Waals surface area contributed by atoms with Crippen molar-refractivity contribution in [1.29, 1.82) is 0 Å². The molecule has 3 rings (SSSR count). The van der Waals surface area contributed by atoms with E-state index in [1.807, 2.05) is 13.8 Å². The summed E-state index contributed by atoms with van der Waals surface area (Å²) in [6, 6.07) is 6.44. The molecule has 0 aliphatic carbocycles. The molecule has 4 nitrogen and oxygen atoms in total. The van der Waals surface area contributed by atoms with Gasteiger partial charge in [0, 0.05) is 13.0 Å². The van der Waals surface area contributed by atoms with Crippen molar-refractivity contribution >= 4 is 5.69 Å². The van der Waals surface area contributed by atoms with E-state index >= 15 is 0 Å². The number of H-pyrrole nitrogens is 1. The fraction of sp³-hybridized carbons (Fsp3) is 0.438. The molecule has 0 saturated heterocycles. The van der Waals surface area contributed by atoms with E-state index in [1.165, 1.54) is 11.1 Å². The van der Waals surface area contributed by atoms with Gasteiger partial charge in [-0.1, -0.05) is 12.1 Å². The Labute approximate surface area is 119 Å². The molecule has 0 atom stereocenters. The van der Waals surface area contributed by atoms with Gasteiger partial charge >= 0.3 is 0 Å². The normalized spacial score (nSPS) is 15.8. The van der Waals surface area contributed by atoms with E-state index in [1.54, 1.807) is 0 Å². The molecule has 0 radical (unpaired) electrons. The first-order valence-electron chi connectivity index (χ1n) is 7.01. The van der Waals surface area contributed by atoms with Crippen molar-refractivity contribution in [3.63, 3.8) is 0 Å². The lowest BCUT2D eigenvalue weighted by Crippen LogP contribution is -2.24. The second-order valence-electron chi connectivity index (χ2n) is 6.14. The molecule has 2 aromatic rings. The smallest absolute Gasteiger partial charge is 0.123 e. The van der Waals surface area contributed by atoms with Crippen molar-refractivity contribution in [2.45, 2.75) is 46.3 Å². The van der Waals surface area contributed by atoms with Gasteiger partial charge in [-0.25, -0.2) is 0 Å². The first kappa shape index (κ1) is 13.0. The largest absolute Gasteiger partial charge is 0.487 e. The molecular formula is C16H21N3O. The minimum absolute atomic E-state index is 0.0773. The van der Waals surface area contributed by atoms with Crippen molar-refractivity contribution in [2.24, 2.45) is 0 Å². The van der Waals surface area contributed by atoms with Crippen LogP contribution < -0.4 is 10.1 Å². The summed E-state index contributed by atoms with van der Waals surface area (Å²) in [6.07, 6.45) is 0.972.